The molecular weight excluding hydrogens is 546 g/mol. The largest absolute Gasteiger partial charge is 0.457 e. The summed E-state index contributed by atoms with van der Waals surface area (Å²) in [4.78, 5) is 56.5. The first kappa shape index (κ1) is 33.5. The predicted molar refractivity (Wildman–Crippen MR) is 167 cm³/mol. The van der Waals surface area contributed by atoms with Gasteiger partial charge in [-0.25, -0.2) is 5.43 Å². The maximum atomic E-state index is 13.3. The van der Waals surface area contributed by atoms with Gasteiger partial charge < -0.3 is 15.4 Å². The van der Waals surface area contributed by atoms with E-state index in [-0.39, 0.29) is 23.7 Å². The molecule has 1 aromatic heterocycles. The van der Waals surface area contributed by atoms with E-state index in [0.717, 1.165) is 22.0 Å². The van der Waals surface area contributed by atoms with Crippen LogP contribution in [0.25, 0.3) is 16.8 Å². The number of allylic oxidation sites excluding steroid dienone is 1. The molecule has 3 unspecified atom stereocenters. The number of nitrogens with zero attached hydrogens (tertiary/aromatic N) is 2. The lowest BCUT2D eigenvalue weighted by molar-refractivity contribution is -0.157. The normalized spacial score (nSPS) is 18.1. The number of carbonyl (C=O) groups excluding carboxylic acids is 4. The van der Waals surface area contributed by atoms with Crippen molar-refractivity contribution in [2.24, 2.45) is 11.8 Å². The quantitative estimate of drug-likeness (QED) is 0.249. The van der Waals surface area contributed by atoms with Gasteiger partial charge in [-0.15, -0.1) is 0 Å². The lowest BCUT2D eigenvalue weighted by atomic mass is 9.99. The average Bonchev–Trinajstić information content (AvgIpc) is 3.00. The molecule has 0 aliphatic carbocycles. The molecule has 1 aliphatic heterocycles. The van der Waals surface area contributed by atoms with Crippen molar-refractivity contribution in [3.63, 3.8) is 0 Å². The van der Waals surface area contributed by atoms with Crippen LogP contribution in [0.15, 0.2) is 49.2 Å². The van der Waals surface area contributed by atoms with Crippen molar-refractivity contribution >= 4 is 40.5 Å². The lowest BCUT2D eigenvalue weighted by Gasteiger charge is -2.35. The van der Waals surface area contributed by atoms with Crippen molar-refractivity contribution in [3.8, 4) is 0 Å². The van der Waals surface area contributed by atoms with Crippen LogP contribution < -0.4 is 16.1 Å². The third-order valence-electron chi connectivity index (χ3n) is 7.65. The summed E-state index contributed by atoms with van der Waals surface area (Å²) in [5.41, 5.74) is 4.59. The summed E-state index contributed by atoms with van der Waals surface area (Å²) in [5, 5.41) is 8.88. The van der Waals surface area contributed by atoms with Gasteiger partial charge in [-0.2, -0.15) is 0 Å². The number of aromatic nitrogens is 1. The van der Waals surface area contributed by atoms with Crippen LogP contribution in [-0.2, 0) is 23.9 Å². The molecule has 0 spiro atoms. The van der Waals surface area contributed by atoms with Gasteiger partial charge in [-0.05, 0) is 75.1 Å². The minimum absolute atomic E-state index is 0.188. The number of benzene rings is 1. The van der Waals surface area contributed by atoms with E-state index in [1.165, 1.54) is 5.01 Å². The zero-order valence-electron chi connectivity index (χ0n) is 26.1. The van der Waals surface area contributed by atoms with E-state index < -0.39 is 36.1 Å². The van der Waals surface area contributed by atoms with E-state index in [1.807, 2.05) is 65.0 Å². The summed E-state index contributed by atoms with van der Waals surface area (Å²) < 4.78 is 5.79. The van der Waals surface area contributed by atoms with Crippen LogP contribution in [0.5, 0.6) is 0 Å². The van der Waals surface area contributed by atoms with Crippen molar-refractivity contribution in [3.05, 3.63) is 60.5 Å². The molecule has 2 aromatic rings. The average molecular weight is 592 g/mol. The van der Waals surface area contributed by atoms with Crippen LogP contribution in [-0.4, -0.2) is 58.4 Å². The minimum Gasteiger partial charge on any atom is -0.457 e. The Bertz CT molecular complexity index is 1360. The number of amides is 3. The molecule has 1 aromatic carbocycles. The maximum Gasteiger partial charge on any atom is 0.325 e. The van der Waals surface area contributed by atoms with Crippen LogP contribution in [0.4, 0.5) is 0 Å². The molecule has 232 valence electrons. The van der Waals surface area contributed by atoms with E-state index >= 15 is 0 Å². The highest BCUT2D eigenvalue weighted by Crippen LogP contribution is 2.24. The molecule has 5 atom stereocenters. The highest BCUT2D eigenvalue weighted by atomic mass is 16.5. The van der Waals surface area contributed by atoms with Gasteiger partial charge in [0.05, 0.1) is 11.6 Å². The monoisotopic (exact) mass is 591 g/mol. The molecule has 0 saturated carbocycles. The van der Waals surface area contributed by atoms with Crippen LogP contribution in [0.1, 0.15) is 78.2 Å². The molecule has 0 bridgehead atoms. The molecule has 0 radical (unpaired) electrons. The van der Waals surface area contributed by atoms with E-state index in [1.54, 1.807) is 25.3 Å². The summed E-state index contributed by atoms with van der Waals surface area (Å²) in [6.07, 6.45) is 8.28. The molecule has 1 saturated heterocycles. The Balaban J connectivity index is 1.59. The Morgan fingerprint density at radius 2 is 1.86 bits per heavy atom. The zero-order chi connectivity index (χ0) is 31.7. The first-order chi connectivity index (χ1) is 20.5. The molecule has 10 heteroatoms. The summed E-state index contributed by atoms with van der Waals surface area (Å²) in [6, 6.07) is 5.35. The van der Waals surface area contributed by atoms with Crippen LogP contribution in [0.2, 0.25) is 0 Å². The fourth-order valence-corrected chi connectivity index (χ4v) is 5.02. The predicted octanol–water partition coefficient (Wildman–Crippen LogP) is 4.23. The highest BCUT2D eigenvalue weighted by Gasteiger charge is 2.34. The van der Waals surface area contributed by atoms with E-state index in [0.29, 0.717) is 25.8 Å². The number of rotatable bonds is 12. The van der Waals surface area contributed by atoms with Crippen molar-refractivity contribution in [1.82, 2.24) is 26.1 Å². The number of fused-ring (bicyclic) bond motifs is 1. The van der Waals surface area contributed by atoms with E-state index in [4.69, 9.17) is 4.74 Å². The molecule has 1 aliphatic rings. The number of esters is 1. The third-order valence-corrected chi connectivity index (χ3v) is 7.65. The molecule has 3 amide bonds. The number of ether oxygens (including phenoxy) is 1. The third kappa shape index (κ3) is 8.73. The Labute approximate surface area is 254 Å². The Morgan fingerprint density at radius 3 is 2.51 bits per heavy atom. The second-order valence-corrected chi connectivity index (χ2v) is 11.3. The zero-order valence-corrected chi connectivity index (χ0v) is 26.1. The van der Waals surface area contributed by atoms with Crippen molar-refractivity contribution in [1.29, 1.82) is 0 Å². The highest BCUT2D eigenvalue weighted by molar-refractivity contribution is 5.93. The SMILES string of the molecule is C=Cc1cc2cc([C@@H](C)OC(=O)C3CCCN(C(=O)C(C)NC(=O)C(NC(=O)[C@@H](/C=C/C)CC)C(C)C)N3)ccc2cn1. The Hall–Kier alpha value is -4.05. The lowest BCUT2D eigenvalue weighted by Crippen LogP contribution is -2.61. The second kappa shape index (κ2) is 15.4. The summed E-state index contributed by atoms with van der Waals surface area (Å²) in [5.74, 6) is -2.03. The first-order valence-electron chi connectivity index (χ1n) is 15.0. The maximum absolute atomic E-state index is 13.3. The number of hydrogen-bond donors (Lipinski definition) is 3. The van der Waals surface area contributed by atoms with Gasteiger partial charge in [0.1, 0.15) is 24.2 Å². The second-order valence-electron chi connectivity index (χ2n) is 11.3. The van der Waals surface area contributed by atoms with Crippen molar-refractivity contribution < 1.29 is 23.9 Å². The smallest absolute Gasteiger partial charge is 0.325 e. The van der Waals surface area contributed by atoms with Gasteiger partial charge in [-0.1, -0.05) is 51.6 Å². The number of nitrogens with one attached hydrogen (secondary N) is 3. The van der Waals surface area contributed by atoms with Gasteiger partial charge in [0.15, 0.2) is 0 Å². The van der Waals surface area contributed by atoms with Gasteiger partial charge in [0.25, 0.3) is 5.91 Å². The van der Waals surface area contributed by atoms with Crippen LogP contribution in [0, 0.1) is 11.8 Å². The molecule has 3 rings (SSSR count). The van der Waals surface area contributed by atoms with Crippen LogP contribution >= 0.6 is 0 Å². The Morgan fingerprint density at radius 1 is 1.12 bits per heavy atom. The number of carbonyl (C=O) groups is 4. The van der Waals surface area contributed by atoms with Gasteiger partial charge in [0.2, 0.25) is 11.8 Å². The fourth-order valence-electron chi connectivity index (χ4n) is 5.02. The first-order valence-corrected chi connectivity index (χ1v) is 15.0. The van der Waals surface area contributed by atoms with E-state index in [2.05, 4.69) is 27.6 Å². The molecule has 3 N–H and O–H groups in total. The molecule has 10 nitrogen and oxygen atoms in total. The fraction of sp³-hybridized carbons (Fsp3) is 0.485. The van der Waals surface area contributed by atoms with Crippen LogP contribution in [0.3, 0.4) is 0 Å². The number of hydrogen-bond acceptors (Lipinski definition) is 7. The van der Waals surface area contributed by atoms with E-state index in [9.17, 15) is 19.2 Å². The minimum atomic E-state index is -0.878. The van der Waals surface area contributed by atoms with Crippen molar-refractivity contribution in [2.75, 3.05) is 6.54 Å². The number of pyridine rings is 1. The molecule has 1 fully saturated rings. The summed E-state index contributed by atoms with van der Waals surface area (Å²) >= 11 is 0. The van der Waals surface area contributed by atoms with Crippen molar-refractivity contribution in [2.45, 2.75) is 85.0 Å². The van der Waals surface area contributed by atoms with Gasteiger partial charge >= 0.3 is 5.97 Å². The Kier molecular flexibility index (Phi) is 12.0. The molecule has 43 heavy (non-hydrogen) atoms. The molecular formula is C33H45N5O5. The number of hydrazine groups is 1. The standard InChI is InChI=1S/C33H45N5O5/c1-8-12-23(9-2)30(39)36-29(20(4)5)31(40)35-21(6)32(41)38-16-11-13-28(37-38)33(42)43-22(7)24-14-15-25-19-34-27(10-3)18-26(25)17-24/h8,10,12,14-15,17-23,28-29,37H,3,9,11,13,16H2,1-2,4-7H3,(H,35,40)(H,36,39)/b12-8+/t21?,22-,23-,28?,29?/m1/s1. The topological polar surface area (TPSA) is 130 Å². The molecule has 2 heterocycles. The summed E-state index contributed by atoms with van der Waals surface area (Å²) in [6.45, 7) is 15.0. The van der Waals surface area contributed by atoms with Gasteiger partial charge in [0, 0.05) is 18.1 Å². The summed E-state index contributed by atoms with van der Waals surface area (Å²) in [7, 11) is 0. The van der Waals surface area contributed by atoms with Gasteiger partial charge in [-0.3, -0.25) is 29.2 Å².